The summed E-state index contributed by atoms with van der Waals surface area (Å²) in [5.41, 5.74) is 2.44. The quantitative estimate of drug-likeness (QED) is 0.909. The van der Waals surface area contributed by atoms with Crippen molar-refractivity contribution in [3.63, 3.8) is 0 Å². The van der Waals surface area contributed by atoms with Crippen LogP contribution in [0.1, 0.15) is 29.8 Å². The van der Waals surface area contributed by atoms with E-state index in [0.717, 1.165) is 17.8 Å². The fourth-order valence-electron chi connectivity index (χ4n) is 2.17. The molecular weight excluding hydrogens is 255 g/mol. The summed E-state index contributed by atoms with van der Waals surface area (Å²) < 4.78 is 19.5. The second-order valence-corrected chi connectivity index (χ2v) is 4.59. The zero-order valence-corrected chi connectivity index (χ0v) is 12.0. The zero-order chi connectivity index (χ0) is 14.5. The maximum absolute atomic E-state index is 14.4. The Morgan fingerprint density at radius 3 is 2.70 bits per heavy atom. The van der Waals surface area contributed by atoms with Crippen molar-refractivity contribution >= 4 is 0 Å². The van der Waals surface area contributed by atoms with E-state index < -0.39 is 0 Å². The fourth-order valence-corrected chi connectivity index (χ4v) is 2.17. The predicted molar refractivity (Wildman–Crippen MR) is 77.4 cm³/mol. The van der Waals surface area contributed by atoms with Crippen LogP contribution in [0.3, 0.4) is 0 Å². The third-order valence-corrected chi connectivity index (χ3v) is 3.20. The first-order chi connectivity index (χ1) is 9.67. The van der Waals surface area contributed by atoms with E-state index in [0.29, 0.717) is 5.56 Å². The number of hydrogen-bond donors (Lipinski definition) is 1. The number of aryl methyl sites for hydroxylation is 1. The molecule has 0 aliphatic carbocycles. The van der Waals surface area contributed by atoms with E-state index in [1.165, 1.54) is 7.11 Å². The van der Waals surface area contributed by atoms with E-state index in [2.05, 4.69) is 10.3 Å². The van der Waals surface area contributed by atoms with E-state index in [1.807, 2.05) is 26.0 Å². The molecule has 0 saturated carbocycles. The van der Waals surface area contributed by atoms with Gasteiger partial charge in [-0.3, -0.25) is 4.98 Å². The van der Waals surface area contributed by atoms with Gasteiger partial charge in [-0.15, -0.1) is 0 Å². The van der Waals surface area contributed by atoms with Gasteiger partial charge in [0.1, 0.15) is 0 Å². The lowest BCUT2D eigenvalue weighted by molar-refractivity contribution is 0.381. The van der Waals surface area contributed by atoms with Gasteiger partial charge < -0.3 is 10.1 Å². The maximum atomic E-state index is 14.4. The van der Waals surface area contributed by atoms with Gasteiger partial charge in [-0.05, 0) is 31.2 Å². The van der Waals surface area contributed by atoms with Crippen LogP contribution in [-0.2, 0) is 0 Å². The average molecular weight is 274 g/mol. The Morgan fingerprint density at radius 1 is 1.30 bits per heavy atom. The molecule has 0 bridgehead atoms. The molecule has 20 heavy (non-hydrogen) atoms. The number of aromatic nitrogens is 1. The summed E-state index contributed by atoms with van der Waals surface area (Å²) >= 11 is 0. The first-order valence-corrected chi connectivity index (χ1v) is 6.65. The van der Waals surface area contributed by atoms with E-state index in [1.54, 1.807) is 24.4 Å². The van der Waals surface area contributed by atoms with Crippen molar-refractivity contribution in [2.75, 3.05) is 13.7 Å². The summed E-state index contributed by atoms with van der Waals surface area (Å²) in [6.45, 7) is 4.65. The van der Waals surface area contributed by atoms with Crippen LogP contribution in [0.25, 0.3) is 0 Å². The van der Waals surface area contributed by atoms with Crippen molar-refractivity contribution in [1.29, 1.82) is 0 Å². The molecule has 2 aromatic rings. The van der Waals surface area contributed by atoms with E-state index in [9.17, 15) is 4.39 Å². The van der Waals surface area contributed by atoms with Crippen LogP contribution in [0, 0.1) is 12.7 Å². The summed E-state index contributed by atoms with van der Waals surface area (Å²) in [6, 6.07) is 8.85. The van der Waals surface area contributed by atoms with Gasteiger partial charge in [0.25, 0.3) is 0 Å². The second kappa shape index (κ2) is 6.48. The van der Waals surface area contributed by atoms with Crippen molar-refractivity contribution < 1.29 is 9.13 Å². The number of methoxy groups -OCH3 is 1. The van der Waals surface area contributed by atoms with Gasteiger partial charge in [0.15, 0.2) is 11.6 Å². The molecule has 1 heterocycles. The molecule has 0 aliphatic heterocycles. The minimum atomic E-state index is -0.332. The summed E-state index contributed by atoms with van der Waals surface area (Å²) in [5.74, 6) is -0.0769. The molecule has 0 fully saturated rings. The molecule has 1 aromatic heterocycles. The van der Waals surface area contributed by atoms with Crippen LogP contribution in [0.4, 0.5) is 4.39 Å². The highest BCUT2D eigenvalue weighted by Gasteiger charge is 2.19. The van der Waals surface area contributed by atoms with Crippen LogP contribution in [0.5, 0.6) is 5.75 Å². The smallest absolute Gasteiger partial charge is 0.170 e. The highest BCUT2D eigenvalue weighted by molar-refractivity contribution is 5.38. The summed E-state index contributed by atoms with van der Waals surface area (Å²) in [6.07, 6.45) is 1.78. The first kappa shape index (κ1) is 14.5. The lowest BCUT2D eigenvalue weighted by atomic mass is 9.99. The molecule has 1 unspecified atom stereocenters. The Labute approximate surface area is 118 Å². The zero-order valence-electron chi connectivity index (χ0n) is 12.0. The fraction of sp³-hybridized carbons (Fsp3) is 0.312. The predicted octanol–water partition coefficient (Wildman–Crippen LogP) is 3.24. The van der Waals surface area contributed by atoms with E-state index in [-0.39, 0.29) is 17.6 Å². The number of halogens is 1. The van der Waals surface area contributed by atoms with Crippen molar-refractivity contribution in [3.8, 4) is 5.75 Å². The highest BCUT2D eigenvalue weighted by atomic mass is 19.1. The second-order valence-electron chi connectivity index (χ2n) is 4.59. The lowest BCUT2D eigenvalue weighted by Crippen LogP contribution is -2.23. The monoisotopic (exact) mass is 274 g/mol. The highest BCUT2D eigenvalue weighted by Crippen LogP contribution is 2.29. The summed E-state index contributed by atoms with van der Waals surface area (Å²) in [5, 5.41) is 3.29. The Morgan fingerprint density at radius 2 is 2.10 bits per heavy atom. The molecule has 1 aromatic carbocycles. The Bertz CT molecular complexity index is 569. The SMILES string of the molecule is CCNC(c1ccc(C)nc1)c1cccc(OC)c1F. The standard InChI is InChI=1S/C16H19FN2O/c1-4-18-16(12-9-8-11(2)19-10-12)13-6-5-7-14(20-3)15(13)17/h5-10,16,18H,4H2,1-3H3. The topological polar surface area (TPSA) is 34.2 Å². The van der Waals surface area contributed by atoms with Crippen LogP contribution in [0.15, 0.2) is 36.5 Å². The van der Waals surface area contributed by atoms with Gasteiger partial charge in [0.05, 0.1) is 13.2 Å². The Kier molecular flexibility index (Phi) is 4.69. The van der Waals surface area contributed by atoms with Gasteiger partial charge >= 0.3 is 0 Å². The van der Waals surface area contributed by atoms with Crippen molar-refractivity contribution in [2.45, 2.75) is 19.9 Å². The maximum Gasteiger partial charge on any atom is 0.170 e. The van der Waals surface area contributed by atoms with Gasteiger partial charge in [-0.2, -0.15) is 0 Å². The van der Waals surface area contributed by atoms with E-state index in [4.69, 9.17) is 4.74 Å². The average Bonchev–Trinajstić information content (AvgIpc) is 2.47. The van der Waals surface area contributed by atoms with Crippen molar-refractivity contribution in [3.05, 3.63) is 59.2 Å². The van der Waals surface area contributed by atoms with Crippen LogP contribution in [-0.4, -0.2) is 18.6 Å². The molecule has 1 atom stereocenters. The molecule has 1 N–H and O–H groups in total. The van der Waals surface area contributed by atoms with Crippen LogP contribution >= 0.6 is 0 Å². The molecule has 0 amide bonds. The molecule has 0 aliphatic rings. The van der Waals surface area contributed by atoms with Crippen LogP contribution in [0.2, 0.25) is 0 Å². The lowest BCUT2D eigenvalue weighted by Gasteiger charge is -2.20. The minimum absolute atomic E-state index is 0.233. The van der Waals surface area contributed by atoms with Gasteiger partial charge in [-0.1, -0.05) is 25.1 Å². The van der Waals surface area contributed by atoms with E-state index >= 15 is 0 Å². The van der Waals surface area contributed by atoms with Crippen molar-refractivity contribution in [2.24, 2.45) is 0 Å². The molecule has 4 heteroatoms. The number of nitrogens with zero attached hydrogens (tertiary/aromatic N) is 1. The van der Waals surface area contributed by atoms with Gasteiger partial charge in [-0.25, -0.2) is 4.39 Å². The molecule has 3 nitrogen and oxygen atoms in total. The first-order valence-electron chi connectivity index (χ1n) is 6.65. The summed E-state index contributed by atoms with van der Waals surface area (Å²) in [7, 11) is 1.47. The number of pyridine rings is 1. The largest absolute Gasteiger partial charge is 0.494 e. The minimum Gasteiger partial charge on any atom is -0.494 e. The summed E-state index contributed by atoms with van der Waals surface area (Å²) in [4.78, 5) is 4.29. The molecule has 0 saturated heterocycles. The number of hydrogen-bond acceptors (Lipinski definition) is 3. The molecule has 2 rings (SSSR count). The molecular formula is C16H19FN2O. The third kappa shape index (κ3) is 2.96. The number of ether oxygens (including phenoxy) is 1. The van der Waals surface area contributed by atoms with Gasteiger partial charge in [0, 0.05) is 17.5 Å². The molecule has 106 valence electrons. The number of nitrogens with one attached hydrogen (secondary N) is 1. The number of rotatable bonds is 5. The van der Waals surface area contributed by atoms with Gasteiger partial charge in [0.2, 0.25) is 0 Å². The Balaban J connectivity index is 2.45. The Hall–Kier alpha value is -1.94. The van der Waals surface area contributed by atoms with Crippen LogP contribution < -0.4 is 10.1 Å². The molecule has 0 radical (unpaired) electrons. The number of benzene rings is 1. The normalized spacial score (nSPS) is 12.2. The van der Waals surface area contributed by atoms with Crippen molar-refractivity contribution in [1.82, 2.24) is 10.3 Å². The third-order valence-electron chi connectivity index (χ3n) is 3.20. The molecule has 0 spiro atoms.